The fraction of sp³-hybridized carbons (Fsp3) is 0.312. The Labute approximate surface area is 133 Å². The molecule has 1 aliphatic heterocycles. The van der Waals surface area contributed by atoms with Crippen molar-refractivity contribution < 1.29 is 18.8 Å². The van der Waals surface area contributed by atoms with Crippen LogP contribution in [0.1, 0.15) is 29.0 Å². The van der Waals surface area contributed by atoms with Gasteiger partial charge in [-0.05, 0) is 19.8 Å². The lowest BCUT2D eigenvalue weighted by atomic mass is 10.1. The van der Waals surface area contributed by atoms with E-state index in [0.717, 1.165) is 12.0 Å². The van der Waals surface area contributed by atoms with Gasteiger partial charge in [0.05, 0.1) is 0 Å². The summed E-state index contributed by atoms with van der Waals surface area (Å²) in [6, 6.07) is 9.23. The number of nitrogens with one attached hydrogen (secondary N) is 2. The Morgan fingerprint density at radius 3 is 2.70 bits per heavy atom. The number of carbonyl (C=O) groups excluding carboxylic acids is 2. The molecule has 2 amide bonds. The van der Waals surface area contributed by atoms with Crippen molar-refractivity contribution in [1.29, 1.82) is 0 Å². The number of aromatic nitrogens is 1. The second-order valence-corrected chi connectivity index (χ2v) is 5.27. The average molecular weight is 315 g/mol. The molecule has 1 saturated heterocycles. The van der Waals surface area contributed by atoms with E-state index in [4.69, 9.17) is 9.26 Å². The van der Waals surface area contributed by atoms with Crippen molar-refractivity contribution in [3.63, 3.8) is 0 Å². The molecule has 1 unspecified atom stereocenters. The van der Waals surface area contributed by atoms with E-state index in [9.17, 15) is 9.59 Å². The lowest BCUT2D eigenvalue weighted by Gasteiger charge is -2.11. The van der Waals surface area contributed by atoms with Crippen LogP contribution >= 0.6 is 0 Å². The van der Waals surface area contributed by atoms with Crippen molar-refractivity contribution in [2.45, 2.75) is 25.9 Å². The van der Waals surface area contributed by atoms with Crippen molar-refractivity contribution in [2.24, 2.45) is 0 Å². The Balaban J connectivity index is 1.72. The number of benzene rings is 1. The van der Waals surface area contributed by atoms with Crippen molar-refractivity contribution in [3.05, 3.63) is 41.7 Å². The monoisotopic (exact) mass is 315 g/mol. The van der Waals surface area contributed by atoms with Crippen LogP contribution in [0.5, 0.6) is 0 Å². The minimum absolute atomic E-state index is 0.295. The maximum Gasteiger partial charge on any atom is 0.275 e. The third-order valence-electron chi connectivity index (χ3n) is 3.66. The Hall–Kier alpha value is -2.67. The molecular weight excluding hydrogens is 298 g/mol. The van der Waals surface area contributed by atoms with E-state index in [0.29, 0.717) is 30.0 Å². The van der Waals surface area contributed by atoms with Gasteiger partial charge in [0.25, 0.3) is 11.8 Å². The van der Waals surface area contributed by atoms with E-state index in [-0.39, 0.29) is 5.91 Å². The summed E-state index contributed by atoms with van der Waals surface area (Å²) in [7, 11) is 0. The van der Waals surface area contributed by atoms with Crippen molar-refractivity contribution >= 4 is 11.8 Å². The molecule has 23 heavy (non-hydrogen) atoms. The molecule has 1 atom stereocenters. The molecular formula is C16H17N3O4. The van der Waals surface area contributed by atoms with E-state index < -0.39 is 12.0 Å². The standard InChI is InChI=1S/C16H17N3O4/c1-10-13(14(19-23-10)11-6-3-2-4-7-11)16(21)18-17-15(20)12-8-5-9-22-12/h2-4,6-7,12H,5,8-9H2,1H3,(H,17,20)(H,18,21). The Morgan fingerprint density at radius 1 is 1.22 bits per heavy atom. The number of hydrazine groups is 1. The molecule has 2 heterocycles. The normalized spacial score (nSPS) is 17.0. The van der Waals surface area contributed by atoms with Crippen molar-refractivity contribution in [2.75, 3.05) is 6.61 Å². The summed E-state index contributed by atoms with van der Waals surface area (Å²) < 4.78 is 10.4. The molecule has 1 aliphatic rings. The first kappa shape index (κ1) is 15.2. The largest absolute Gasteiger partial charge is 0.368 e. The number of aryl methyl sites for hydroxylation is 1. The smallest absolute Gasteiger partial charge is 0.275 e. The number of rotatable bonds is 3. The molecule has 1 fully saturated rings. The fourth-order valence-corrected chi connectivity index (χ4v) is 2.48. The molecule has 7 heteroatoms. The first-order valence-electron chi connectivity index (χ1n) is 7.40. The van der Waals surface area contributed by atoms with Gasteiger partial charge < -0.3 is 9.26 Å². The highest BCUT2D eigenvalue weighted by atomic mass is 16.5. The van der Waals surface area contributed by atoms with Crippen LogP contribution in [0, 0.1) is 6.92 Å². The number of hydrogen-bond acceptors (Lipinski definition) is 5. The van der Waals surface area contributed by atoms with Gasteiger partial charge in [-0.25, -0.2) is 0 Å². The first-order chi connectivity index (χ1) is 11.2. The molecule has 120 valence electrons. The summed E-state index contributed by atoms with van der Waals surface area (Å²) >= 11 is 0. The molecule has 0 aliphatic carbocycles. The topological polar surface area (TPSA) is 93.5 Å². The van der Waals surface area contributed by atoms with Crippen LogP contribution in [0.15, 0.2) is 34.9 Å². The zero-order valence-corrected chi connectivity index (χ0v) is 12.7. The molecule has 2 N–H and O–H groups in total. The molecule has 0 bridgehead atoms. The molecule has 0 spiro atoms. The predicted molar refractivity (Wildman–Crippen MR) is 81.3 cm³/mol. The lowest BCUT2D eigenvalue weighted by molar-refractivity contribution is -0.130. The zero-order chi connectivity index (χ0) is 16.2. The first-order valence-corrected chi connectivity index (χ1v) is 7.40. The SMILES string of the molecule is Cc1onc(-c2ccccc2)c1C(=O)NNC(=O)C1CCCO1. The molecule has 0 saturated carbocycles. The van der Waals surface area contributed by atoms with Crippen LogP contribution in [-0.4, -0.2) is 29.7 Å². The Kier molecular flexibility index (Phi) is 4.38. The van der Waals surface area contributed by atoms with Crippen LogP contribution in [0.25, 0.3) is 11.3 Å². The highest BCUT2D eigenvalue weighted by Crippen LogP contribution is 2.24. The summed E-state index contributed by atoms with van der Waals surface area (Å²) in [5.74, 6) is -0.451. The number of carbonyl (C=O) groups is 2. The summed E-state index contributed by atoms with van der Waals surface area (Å²) in [5, 5.41) is 3.94. The van der Waals surface area contributed by atoms with Crippen LogP contribution in [0.2, 0.25) is 0 Å². The van der Waals surface area contributed by atoms with E-state index in [1.807, 2.05) is 30.3 Å². The van der Waals surface area contributed by atoms with Crippen molar-refractivity contribution in [3.8, 4) is 11.3 Å². The molecule has 2 aromatic rings. The highest BCUT2D eigenvalue weighted by Gasteiger charge is 2.26. The maximum absolute atomic E-state index is 12.4. The quantitative estimate of drug-likeness (QED) is 0.839. The van der Waals surface area contributed by atoms with Gasteiger partial charge in [-0.3, -0.25) is 20.4 Å². The fourth-order valence-electron chi connectivity index (χ4n) is 2.48. The minimum atomic E-state index is -0.507. The molecule has 1 aromatic heterocycles. The van der Waals surface area contributed by atoms with Gasteiger partial charge in [0.15, 0.2) is 0 Å². The van der Waals surface area contributed by atoms with Gasteiger partial charge in [0, 0.05) is 12.2 Å². The predicted octanol–water partition coefficient (Wildman–Crippen LogP) is 1.59. The molecule has 7 nitrogen and oxygen atoms in total. The van der Waals surface area contributed by atoms with Gasteiger partial charge in [-0.2, -0.15) is 0 Å². The summed E-state index contributed by atoms with van der Waals surface area (Å²) in [6.07, 6.45) is 0.991. The molecule has 1 aromatic carbocycles. The van der Waals surface area contributed by atoms with Crippen LogP contribution in [0.4, 0.5) is 0 Å². The highest BCUT2D eigenvalue weighted by molar-refractivity contribution is 6.01. The van der Waals surface area contributed by atoms with Gasteiger partial charge in [-0.15, -0.1) is 0 Å². The van der Waals surface area contributed by atoms with Gasteiger partial charge in [0.2, 0.25) is 0 Å². The van der Waals surface area contributed by atoms with Gasteiger partial charge in [-0.1, -0.05) is 35.5 Å². The number of ether oxygens (including phenoxy) is 1. The number of nitrogens with zero attached hydrogens (tertiary/aromatic N) is 1. The minimum Gasteiger partial charge on any atom is -0.368 e. The van der Waals surface area contributed by atoms with Crippen LogP contribution < -0.4 is 10.9 Å². The lowest BCUT2D eigenvalue weighted by Crippen LogP contribution is -2.46. The Morgan fingerprint density at radius 2 is 2.00 bits per heavy atom. The number of hydrogen-bond donors (Lipinski definition) is 2. The van der Waals surface area contributed by atoms with Crippen molar-refractivity contribution in [1.82, 2.24) is 16.0 Å². The van der Waals surface area contributed by atoms with Crippen LogP contribution in [0.3, 0.4) is 0 Å². The summed E-state index contributed by atoms with van der Waals surface area (Å²) in [5.41, 5.74) is 6.28. The third-order valence-corrected chi connectivity index (χ3v) is 3.66. The van der Waals surface area contributed by atoms with Crippen LogP contribution in [-0.2, 0) is 9.53 Å². The summed E-state index contributed by atoms with van der Waals surface area (Å²) in [6.45, 7) is 2.21. The van der Waals surface area contributed by atoms with E-state index in [1.165, 1.54) is 0 Å². The molecule has 3 rings (SSSR count). The van der Waals surface area contributed by atoms with Gasteiger partial charge in [0.1, 0.15) is 23.1 Å². The maximum atomic E-state index is 12.4. The number of amides is 2. The molecule has 0 radical (unpaired) electrons. The van der Waals surface area contributed by atoms with E-state index in [1.54, 1.807) is 6.92 Å². The zero-order valence-electron chi connectivity index (χ0n) is 12.7. The summed E-state index contributed by atoms with van der Waals surface area (Å²) in [4.78, 5) is 24.2. The average Bonchev–Trinajstić information content (AvgIpc) is 3.23. The van der Waals surface area contributed by atoms with Gasteiger partial charge >= 0.3 is 0 Å². The van der Waals surface area contributed by atoms with E-state index >= 15 is 0 Å². The second-order valence-electron chi connectivity index (χ2n) is 5.27. The Bertz CT molecular complexity index is 705. The van der Waals surface area contributed by atoms with E-state index in [2.05, 4.69) is 16.0 Å². The third kappa shape index (κ3) is 3.24. The second kappa shape index (κ2) is 6.62.